The van der Waals surface area contributed by atoms with Gasteiger partial charge in [-0.1, -0.05) is 26.0 Å². The second kappa shape index (κ2) is 13.6. The van der Waals surface area contributed by atoms with E-state index in [9.17, 15) is 29.4 Å². The molecule has 0 aromatic heterocycles. The lowest BCUT2D eigenvalue weighted by atomic mass is 10.0. The highest BCUT2D eigenvalue weighted by molar-refractivity contribution is 7.98. The molecule has 0 heterocycles. The number of carboxylic acids is 1. The summed E-state index contributed by atoms with van der Waals surface area (Å²) in [4.78, 5) is 48.6. The summed E-state index contributed by atoms with van der Waals surface area (Å²) < 4.78 is 0. The molecule has 0 spiro atoms. The number of nitrogens with one attached hydrogen (secondary N) is 3. The van der Waals surface area contributed by atoms with Crippen molar-refractivity contribution >= 4 is 35.5 Å². The molecule has 32 heavy (non-hydrogen) atoms. The number of carboxylic acid groups (broad SMARTS) is 1. The van der Waals surface area contributed by atoms with Crippen LogP contribution in [0.5, 0.6) is 5.75 Å². The third-order valence-corrected chi connectivity index (χ3v) is 5.30. The van der Waals surface area contributed by atoms with Crippen molar-refractivity contribution in [1.29, 1.82) is 0 Å². The minimum atomic E-state index is -1.19. The monoisotopic (exact) mass is 468 g/mol. The van der Waals surface area contributed by atoms with Gasteiger partial charge in [-0.2, -0.15) is 11.8 Å². The molecule has 3 atom stereocenters. The van der Waals surface area contributed by atoms with Crippen molar-refractivity contribution in [2.24, 2.45) is 11.7 Å². The lowest BCUT2D eigenvalue weighted by Gasteiger charge is -2.23. The summed E-state index contributed by atoms with van der Waals surface area (Å²) in [7, 11) is 0. The zero-order chi connectivity index (χ0) is 24.3. The van der Waals surface area contributed by atoms with Crippen molar-refractivity contribution in [1.82, 2.24) is 16.0 Å². The van der Waals surface area contributed by atoms with E-state index in [1.165, 1.54) is 12.1 Å². The Morgan fingerprint density at radius 1 is 1.06 bits per heavy atom. The van der Waals surface area contributed by atoms with Gasteiger partial charge in [0.1, 0.15) is 17.8 Å². The maximum Gasteiger partial charge on any atom is 0.326 e. The van der Waals surface area contributed by atoms with Gasteiger partial charge in [-0.25, -0.2) is 4.79 Å². The highest BCUT2D eigenvalue weighted by Crippen LogP contribution is 2.12. The molecule has 0 radical (unpaired) electrons. The predicted molar refractivity (Wildman–Crippen MR) is 122 cm³/mol. The highest BCUT2D eigenvalue weighted by atomic mass is 32.2. The number of amides is 3. The Kier molecular flexibility index (Phi) is 11.6. The number of carbonyl (C=O) groups excluding carboxylic acids is 3. The van der Waals surface area contributed by atoms with E-state index in [4.69, 9.17) is 5.73 Å². The lowest BCUT2D eigenvalue weighted by Crippen LogP contribution is -2.55. The van der Waals surface area contributed by atoms with Gasteiger partial charge < -0.3 is 31.9 Å². The van der Waals surface area contributed by atoms with Crippen LogP contribution < -0.4 is 21.7 Å². The van der Waals surface area contributed by atoms with Gasteiger partial charge in [0.2, 0.25) is 17.7 Å². The molecule has 178 valence electrons. The van der Waals surface area contributed by atoms with Crippen LogP contribution in [-0.4, -0.2) is 70.6 Å². The Morgan fingerprint density at radius 3 is 2.22 bits per heavy atom. The van der Waals surface area contributed by atoms with Crippen LogP contribution in [0.25, 0.3) is 0 Å². The van der Waals surface area contributed by atoms with E-state index in [-0.39, 0.29) is 24.6 Å². The van der Waals surface area contributed by atoms with Crippen molar-refractivity contribution in [3.63, 3.8) is 0 Å². The summed E-state index contributed by atoms with van der Waals surface area (Å²) in [5.41, 5.74) is 6.41. The topological polar surface area (TPSA) is 171 Å². The van der Waals surface area contributed by atoms with E-state index in [0.717, 1.165) is 0 Å². The van der Waals surface area contributed by atoms with Crippen LogP contribution >= 0.6 is 11.8 Å². The van der Waals surface area contributed by atoms with Crippen LogP contribution in [0.2, 0.25) is 0 Å². The van der Waals surface area contributed by atoms with Crippen LogP contribution in [0.4, 0.5) is 0 Å². The molecule has 0 saturated heterocycles. The Morgan fingerprint density at radius 2 is 1.69 bits per heavy atom. The SMILES string of the molecule is CSCCC(N)C(=O)NCC(=O)NC(Cc1ccc(O)cc1)C(=O)NC(C(=O)O)C(C)C. The molecule has 0 fully saturated rings. The number of phenolic OH excluding ortho intramolecular Hbond substituents is 1. The number of nitrogens with two attached hydrogens (primary N) is 1. The van der Waals surface area contributed by atoms with E-state index >= 15 is 0 Å². The number of aliphatic carboxylic acids is 1. The lowest BCUT2D eigenvalue weighted by molar-refractivity contribution is -0.143. The number of hydrogen-bond donors (Lipinski definition) is 6. The van der Waals surface area contributed by atoms with E-state index < -0.39 is 41.8 Å². The number of hydrogen-bond acceptors (Lipinski definition) is 7. The fourth-order valence-electron chi connectivity index (χ4n) is 2.76. The van der Waals surface area contributed by atoms with Gasteiger partial charge in [0.05, 0.1) is 12.6 Å². The molecule has 0 aliphatic carbocycles. The average Bonchev–Trinajstić information content (AvgIpc) is 2.74. The summed E-state index contributed by atoms with van der Waals surface area (Å²) in [5.74, 6) is -2.57. The minimum absolute atomic E-state index is 0.0464. The molecule has 0 aliphatic rings. The smallest absolute Gasteiger partial charge is 0.326 e. The number of aromatic hydroxyl groups is 1. The maximum atomic E-state index is 12.8. The van der Waals surface area contributed by atoms with Crippen molar-refractivity contribution < 1.29 is 29.4 Å². The fourth-order valence-corrected chi connectivity index (χ4v) is 3.25. The molecule has 0 bridgehead atoms. The molecule has 11 heteroatoms. The molecule has 3 amide bonds. The molecule has 0 aliphatic heterocycles. The predicted octanol–water partition coefficient (Wildman–Crippen LogP) is -0.158. The van der Waals surface area contributed by atoms with Crippen molar-refractivity contribution in [3.05, 3.63) is 29.8 Å². The van der Waals surface area contributed by atoms with Gasteiger partial charge in [-0.05, 0) is 42.0 Å². The second-order valence-electron chi connectivity index (χ2n) is 7.66. The van der Waals surface area contributed by atoms with Gasteiger partial charge in [0.25, 0.3) is 0 Å². The quantitative estimate of drug-likeness (QED) is 0.232. The first kappa shape index (κ1) is 27.2. The van der Waals surface area contributed by atoms with Crippen molar-refractivity contribution in [3.8, 4) is 5.75 Å². The van der Waals surface area contributed by atoms with E-state index in [1.54, 1.807) is 37.7 Å². The van der Waals surface area contributed by atoms with Crippen LogP contribution in [0.15, 0.2) is 24.3 Å². The van der Waals surface area contributed by atoms with E-state index in [1.807, 2.05) is 6.26 Å². The van der Waals surface area contributed by atoms with E-state index in [2.05, 4.69) is 16.0 Å². The molecule has 1 aromatic rings. The zero-order valence-corrected chi connectivity index (χ0v) is 19.3. The summed E-state index contributed by atoms with van der Waals surface area (Å²) in [6.07, 6.45) is 2.42. The normalized spacial score (nSPS) is 13.7. The fraction of sp³-hybridized carbons (Fsp3) is 0.524. The molecular weight excluding hydrogens is 436 g/mol. The molecule has 0 saturated carbocycles. The number of thioether (sulfide) groups is 1. The Balaban J connectivity index is 2.84. The summed E-state index contributed by atoms with van der Waals surface area (Å²) in [6.45, 7) is 2.93. The van der Waals surface area contributed by atoms with Crippen LogP contribution in [-0.2, 0) is 25.6 Å². The first-order chi connectivity index (χ1) is 15.0. The van der Waals surface area contributed by atoms with Gasteiger partial charge in [-0.15, -0.1) is 0 Å². The van der Waals surface area contributed by atoms with Crippen LogP contribution in [0.3, 0.4) is 0 Å². The van der Waals surface area contributed by atoms with E-state index in [0.29, 0.717) is 17.7 Å². The number of phenols is 1. The second-order valence-corrected chi connectivity index (χ2v) is 8.65. The first-order valence-corrected chi connectivity index (χ1v) is 11.6. The highest BCUT2D eigenvalue weighted by Gasteiger charge is 2.28. The minimum Gasteiger partial charge on any atom is -0.508 e. The summed E-state index contributed by atoms with van der Waals surface area (Å²) >= 11 is 1.55. The number of carbonyl (C=O) groups is 4. The van der Waals surface area contributed by atoms with Crippen molar-refractivity contribution in [2.75, 3.05) is 18.6 Å². The molecule has 1 aromatic carbocycles. The molecule has 10 nitrogen and oxygen atoms in total. The number of rotatable bonds is 13. The van der Waals surface area contributed by atoms with Crippen LogP contribution in [0, 0.1) is 5.92 Å². The Hall–Kier alpha value is -2.79. The van der Waals surface area contributed by atoms with Gasteiger partial charge in [-0.3, -0.25) is 14.4 Å². The molecule has 7 N–H and O–H groups in total. The standard InChI is InChI=1S/C21H32N4O6S/c1-12(2)18(21(30)31)25-20(29)16(10-13-4-6-14(26)7-5-13)24-17(27)11-23-19(28)15(22)8-9-32-3/h4-7,12,15-16,18,26H,8-11,22H2,1-3H3,(H,23,28)(H,24,27)(H,25,29)(H,30,31). The summed E-state index contributed by atoms with van der Waals surface area (Å²) in [6, 6.07) is 3.10. The Bertz CT molecular complexity index is 787. The van der Waals surface area contributed by atoms with Gasteiger partial charge in [0.15, 0.2) is 0 Å². The molecule has 3 unspecified atom stereocenters. The Labute approximate surface area is 191 Å². The first-order valence-electron chi connectivity index (χ1n) is 10.2. The third kappa shape index (κ3) is 9.56. The third-order valence-electron chi connectivity index (χ3n) is 4.65. The average molecular weight is 469 g/mol. The van der Waals surface area contributed by atoms with Gasteiger partial charge in [0, 0.05) is 6.42 Å². The number of benzene rings is 1. The van der Waals surface area contributed by atoms with Crippen molar-refractivity contribution in [2.45, 2.75) is 44.8 Å². The van der Waals surface area contributed by atoms with Crippen LogP contribution in [0.1, 0.15) is 25.8 Å². The maximum absolute atomic E-state index is 12.8. The largest absolute Gasteiger partial charge is 0.508 e. The van der Waals surface area contributed by atoms with Gasteiger partial charge >= 0.3 is 5.97 Å². The molecular formula is C21H32N4O6S. The summed E-state index contributed by atoms with van der Waals surface area (Å²) in [5, 5.41) is 26.2. The zero-order valence-electron chi connectivity index (χ0n) is 18.5. The molecule has 1 rings (SSSR count).